The highest BCUT2D eigenvalue weighted by Gasteiger charge is 2.28. The van der Waals surface area contributed by atoms with Gasteiger partial charge in [-0.1, -0.05) is 49.4 Å². The van der Waals surface area contributed by atoms with Crippen LogP contribution in [-0.4, -0.2) is 43.5 Å². The summed E-state index contributed by atoms with van der Waals surface area (Å²) < 4.78 is 6.68. The summed E-state index contributed by atoms with van der Waals surface area (Å²) in [6, 6.07) is 19.9. The smallest absolute Gasteiger partial charge is 0.138 e. The van der Waals surface area contributed by atoms with E-state index in [0.717, 1.165) is 56.2 Å². The molecule has 6 heteroatoms. The van der Waals surface area contributed by atoms with Crippen molar-refractivity contribution >= 4 is 34.6 Å². The van der Waals surface area contributed by atoms with Crippen molar-refractivity contribution in [3.63, 3.8) is 0 Å². The fourth-order valence-electron chi connectivity index (χ4n) is 4.52. The first kappa shape index (κ1) is 22.5. The second kappa shape index (κ2) is 10.3. The normalized spacial score (nSPS) is 17.7. The van der Waals surface area contributed by atoms with Crippen molar-refractivity contribution in [1.82, 2.24) is 10.2 Å². The molecule has 0 aliphatic carbocycles. The summed E-state index contributed by atoms with van der Waals surface area (Å²) in [7, 11) is 1.72. The Morgan fingerprint density at radius 3 is 2.79 bits per heavy atom. The predicted molar refractivity (Wildman–Crippen MR) is 140 cm³/mol. The maximum atomic E-state index is 5.29. The third-order valence-corrected chi connectivity index (χ3v) is 8.74. The lowest BCUT2D eigenvalue weighted by molar-refractivity contribution is 0.282. The Hall–Kier alpha value is -2.28. The lowest BCUT2D eigenvalue weighted by Gasteiger charge is -2.36. The molecule has 0 saturated carbocycles. The van der Waals surface area contributed by atoms with Gasteiger partial charge in [0.2, 0.25) is 0 Å². The lowest BCUT2D eigenvalue weighted by atomic mass is 10.0. The average molecular weight is 478 g/mol. The minimum absolute atomic E-state index is 0.451. The number of aliphatic imine (C=N–C) groups is 1. The number of nitrogens with one attached hydrogen (secondary N) is 1. The molecule has 2 aliphatic heterocycles. The molecule has 2 aliphatic rings. The van der Waals surface area contributed by atoms with E-state index < -0.39 is 0 Å². The Labute approximate surface area is 205 Å². The average Bonchev–Trinajstić information content (AvgIpc) is 3.17. The van der Waals surface area contributed by atoms with E-state index in [1.807, 2.05) is 23.1 Å². The number of fused-ring (bicyclic) bond motifs is 2. The van der Waals surface area contributed by atoms with Crippen LogP contribution in [0.15, 0.2) is 68.7 Å². The van der Waals surface area contributed by atoms with Crippen molar-refractivity contribution < 1.29 is 4.74 Å². The van der Waals surface area contributed by atoms with Gasteiger partial charge < -0.3 is 15.0 Å². The van der Waals surface area contributed by atoms with Gasteiger partial charge in [-0.3, -0.25) is 0 Å². The molecule has 1 aromatic heterocycles. The first-order valence-electron chi connectivity index (χ1n) is 11.8. The van der Waals surface area contributed by atoms with Gasteiger partial charge in [0.05, 0.1) is 17.0 Å². The zero-order chi connectivity index (χ0) is 22.6. The van der Waals surface area contributed by atoms with Crippen LogP contribution in [0.2, 0.25) is 0 Å². The number of para-hydroxylation sites is 1. The zero-order valence-electron chi connectivity index (χ0n) is 19.3. The monoisotopic (exact) mass is 477 g/mol. The zero-order valence-corrected chi connectivity index (χ0v) is 21.0. The molecular weight excluding hydrogens is 446 g/mol. The summed E-state index contributed by atoms with van der Waals surface area (Å²) in [6.07, 6.45) is 4.48. The molecule has 0 amide bonds. The lowest BCUT2D eigenvalue weighted by Crippen LogP contribution is -2.52. The number of benzene rings is 2. The summed E-state index contributed by atoms with van der Waals surface area (Å²) in [6.45, 7) is 5.22. The molecule has 5 rings (SSSR count). The summed E-state index contributed by atoms with van der Waals surface area (Å²) in [4.78, 5) is 10.5. The van der Waals surface area contributed by atoms with Gasteiger partial charge in [-0.25, -0.2) is 4.99 Å². The number of amidine groups is 1. The number of piperazine rings is 1. The van der Waals surface area contributed by atoms with Crippen LogP contribution in [0.3, 0.4) is 0 Å². The van der Waals surface area contributed by atoms with Gasteiger partial charge in [-0.2, -0.15) is 0 Å². The minimum atomic E-state index is 0.451. The molecule has 33 heavy (non-hydrogen) atoms. The molecule has 0 bridgehead atoms. The molecule has 0 radical (unpaired) electrons. The number of nitrogens with zero attached hydrogens (tertiary/aromatic N) is 2. The third kappa shape index (κ3) is 5.13. The van der Waals surface area contributed by atoms with E-state index in [1.165, 1.54) is 31.5 Å². The maximum absolute atomic E-state index is 5.29. The van der Waals surface area contributed by atoms with E-state index in [-0.39, 0.29) is 0 Å². The van der Waals surface area contributed by atoms with Crippen molar-refractivity contribution in [3.05, 3.63) is 70.6 Å². The van der Waals surface area contributed by atoms with Gasteiger partial charge >= 0.3 is 0 Å². The standard InChI is InChI=1S/C27H31N3OS2/c1-3-6-22-17-23-26(29-24-7-4-5-8-25(24)33-27(23)32-22)30-16-15-28-20(18-30)12-9-19-10-13-21(31-2)14-11-19/h4-5,7-8,10-11,13-14,17,20,28H,3,6,9,12,15-16,18H2,1-2H3/t20-/m0/s1. The van der Waals surface area contributed by atoms with Gasteiger partial charge in [0.1, 0.15) is 11.6 Å². The summed E-state index contributed by atoms with van der Waals surface area (Å²) >= 11 is 3.83. The summed E-state index contributed by atoms with van der Waals surface area (Å²) in [5.41, 5.74) is 3.77. The Balaban J connectivity index is 1.36. The molecule has 0 unspecified atom stereocenters. The number of methoxy groups -OCH3 is 1. The second-order valence-corrected chi connectivity index (χ2v) is 11.1. The van der Waals surface area contributed by atoms with Gasteiger partial charge in [-0.15, -0.1) is 11.3 Å². The number of hydrogen-bond acceptors (Lipinski definition) is 6. The largest absolute Gasteiger partial charge is 0.497 e. The van der Waals surface area contributed by atoms with Crippen molar-refractivity contribution in [3.8, 4) is 5.75 Å². The number of thiophene rings is 1. The molecule has 2 aromatic carbocycles. The first-order valence-corrected chi connectivity index (χ1v) is 13.5. The number of rotatable bonds is 6. The van der Waals surface area contributed by atoms with Crippen LogP contribution >= 0.6 is 23.1 Å². The van der Waals surface area contributed by atoms with Crippen LogP contribution in [-0.2, 0) is 12.8 Å². The summed E-state index contributed by atoms with van der Waals surface area (Å²) in [5.74, 6) is 2.07. The molecule has 1 saturated heterocycles. The molecular formula is C27H31N3OS2. The molecule has 172 valence electrons. The minimum Gasteiger partial charge on any atom is -0.497 e. The van der Waals surface area contributed by atoms with Crippen LogP contribution in [0.5, 0.6) is 5.75 Å². The highest BCUT2D eigenvalue weighted by atomic mass is 32.2. The van der Waals surface area contributed by atoms with Gasteiger partial charge in [0.15, 0.2) is 0 Å². The van der Waals surface area contributed by atoms with Gasteiger partial charge in [-0.05, 0) is 55.2 Å². The molecule has 3 aromatic rings. The van der Waals surface area contributed by atoms with Crippen LogP contribution < -0.4 is 10.1 Å². The number of aryl methyl sites for hydroxylation is 2. The van der Waals surface area contributed by atoms with Crippen LogP contribution in [0.25, 0.3) is 0 Å². The molecule has 1 N–H and O–H groups in total. The Morgan fingerprint density at radius 2 is 1.97 bits per heavy atom. The van der Waals surface area contributed by atoms with Crippen molar-refractivity contribution in [2.45, 2.75) is 47.8 Å². The Morgan fingerprint density at radius 1 is 1.12 bits per heavy atom. The SMILES string of the molecule is CCCc1cc2c(s1)Sc1ccccc1N=C2N1CCN[C@@H](CCc2ccc(OC)cc2)C1. The van der Waals surface area contributed by atoms with Crippen molar-refractivity contribution in [2.75, 3.05) is 26.7 Å². The van der Waals surface area contributed by atoms with Crippen LogP contribution in [0, 0.1) is 0 Å². The van der Waals surface area contributed by atoms with E-state index in [9.17, 15) is 0 Å². The van der Waals surface area contributed by atoms with Crippen LogP contribution in [0.1, 0.15) is 35.8 Å². The van der Waals surface area contributed by atoms with E-state index in [4.69, 9.17) is 9.73 Å². The molecule has 1 atom stereocenters. The number of ether oxygens (including phenoxy) is 1. The quantitative estimate of drug-likeness (QED) is 0.461. The van der Waals surface area contributed by atoms with E-state index in [2.05, 4.69) is 71.7 Å². The van der Waals surface area contributed by atoms with Crippen molar-refractivity contribution in [1.29, 1.82) is 0 Å². The predicted octanol–water partition coefficient (Wildman–Crippen LogP) is 6.16. The van der Waals surface area contributed by atoms with E-state index in [0.29, 0.717) is 6.04 Å². The van der Waals surface area contributed by atoms with Crippen LogP contribution in [0.4, 0.5) is 5.69 Å². The molecule has 1 fully saturated rings. The Bertz CT molecular complexity index is 1120. The molecule has 4 nitrogen and oxygen atoms in total. The third-order valence-electron chi connectivity index (χ3n) is 6.28. The fourth-order valence-corrected chi connectivity index (χ4v) is 7.08. The van der Waals surface area contributed by atoms with Gasteiger partial charge in [0.25, 0.3) is 0 Å². The second-order valence-electron chi connectivity index (χ2n) is 8.65. The topological polar surface area (TPSA) is 36.9 Å². The first-order chi connectivity index (χ1) is 16.2. The Kier molecular flexibility index (Phi) is 7.04. The van der Waals surface area contributed by atoms with E-state index >= 15 is 0 Å². The highest BCUT2D eigenvalue weighted by Crippen LogP contribution is 2.44. The fraction of sp³-hybridized carbons (Fsp3) is 0.370. The molecule has 3 heterocycles. The number of hydrogen-bond donors (Lipinski definition) is 1. The maximum Gasteiger partial charge on any atom is 0.138 e. The highest BCUT2D eigenvalue weighted by molar-refractivity contribution is 8.01. The summed E-state index contributed by atoms with van der Waals surface area (Å²) in [5, 5.41) is 3.74. The van der Waals surface area contributed by atoms with E-state index in [1.54, 1.807) is 7.11 Å². The van der Waals surface area contributed by atoms with Crippen molar-refractivity contribution in [2.24, 2.45) is 4.99 Å². The van der Waals surface area contributed by atoms with Gasteiger partial charge in [0, 0.05) is 41.0 Å². The molecule has 0 spiro atoms.